The Bertz CT molecular complexity index is 1130. The van der Waals surface area contributed by atoms with Crippen LogP contribution in [0.5, 0.6) is 11.5 Å². The van der Waals surface area contributed by atoms with E-state index in [1.807, 2.05) is 6.07 Å². The number of aliphatic hydroxyl groups is 1. The number of benzene rings is 2. The molecule has 2 N–H and O–H groups in total. The van der Waals surface area contributed by atoms with Crippen molar-refractivity contribution in [2.75, 3.05) is 45.3 Å². The largest absolute Gasteiger partial charge is 0.493 e. The third-order valence-electron chi connectivity index (χ3n) is 5.69. The van der Waals surface area contributed by atoms with Crippen LogP contribution in [-0.2, 0) is 4.74 Å². The quantitative estimate of drug-likeness (QED) is 0.435. The number of hydrogen-bond acceptors (Lipinski definition) is 8. The number of aromatic nitrogens is 2. The molecule has 1 aromatic heterocycles. The summed E-state index contributed by atoms with van der Waals surface area (Å²) in [7, 11) is 1.58. The van der Waals surface area contributed by atoms with Crippen molar-refractivity contribution >= 4 is 34.0 Å². The highest BCUT2D eigenvalue weighted by molar-refractivity contribution is 6.31. The third kappa shape index (κ3) is 5.85. The second-order valence-corrected chi connectivity index (χ2v) is 8.56. The zero-order valence-corrected chi connectivity index (χ0v) is 19.9. The van der Waals surface area contributed by atoms with Crippen LogP contribution in [0.3, 0.4) is 0 Å². The number of nitrogens with zero attached hydrogens (tertiary/aromatic N) is 3. The molecular formula is C24H28ClFN4O4. The van der Waals surface area contributed by atoms with Crippen LogP contribution in [0.15, 0.2) is 36.7 Å². The summed E-state index contributed by atoms with van der Waals surface area (Å²) in [6.07, 6.45) is 1.60. The molecule has 0 saturated carbocycles. The van der Waals surface area contributed by atoms with Gasteiger partial charge in [-0.25, -0.2) is 14.4 Å². The number of hydrogen-bond donors (Lipinski definition) is 2. The second kappa shape index (κ2) is 11.1. The van der Waals surface area contributed by atoms with Crippen LogP contribution >= 0.6 is 11.6 Å². The fourth-order valence-electron chi connectivity index (χ4n) is 3.84. The Morgan fingerprint density at radius 3 is 2.91 bits per heavy atom. The van der Waals surface area contributed by atoms with Crippen LogP contribution in [0, 0.1) is 5.82 Å². The summed E-state index contributed by atoms with van der Waals surface area (Å²) < 4.78 is 30.7. The molecule has 8 nitrogen and oxygen atoms in total. The van der Waals surface area contributed by atoms with E-state index in [2.05, 4.69) is 20.2 Å². The van der Waals surface area contributed by atoms with E-state index in [4.69, 9.17) is 25.8 Å². The number of methoxy groups -OCH3 is 1. The van der Waals surface area contributed by atoms with E-state index in [0.29, 0.717) is 48.3 Å². The van der Waals surface area contributed by atoms with Gasteiger partial charge in [0, 0.05) is 36.8 Å². The first-order valence-electron chi connectivity index (χ1n) is 11.1. The van der Waals surface area contributed by atoms with Crippen molar-refractivity contribution in [3.8, 4) is 11.5 Å². The molecule has 4 rings (SSSR count). The van der Waals surface area contributed by atoms with Crippen molar-refractivity contribution in [1.29, 1.82) is 0 Å². The van der Waals surface area contributed by atoms with Crippen molar-refractivity contribution in [3.63, 3.8) is 0 Å². The summed E-state index contributed by atoms with van der Waals surface area (Å²) in [5.41, 5.74) is 1.28. The first kappa shape index (κ1) is 24.4. The molecule has 1 unspecified atom stereocenters. The first-order chi connectivity index (χ1) is 16.4. The molecule has 2 aromatic carbocycles. The van der Waals surface area contributed by atoms with Gasteiger partial charge < -0.3 is 24.6 Å². The average molecular weight is 491 g/mol. The van der Waals surface area contributed by atoms with Gasteiger partial charge in [-0.2, -0.15) is 0 Å². The van der Waals surface area contributed by atoms with Crippen LogP contribution in [0.2, 0.25) is 5.02 Å². The Labute approximate surface area is 202 Å². The lowest BCUT2D eigenvalue weighted by atomic mass is 10.2. The molecule has 2 heterocycles. The van der Waals surface area contributed by atoms with Gasteiger partial charge in [-0.05, 0) is 37.6 Å². The first-order valence-corrected chi connectivity index (χ1v) is 11.5. The van der Waals surface area contributed by atoms with Gasteiger partial charge in [-0.15, -0.1) is 0 Å². The molecule has 0 spiro atoms. The lowest BCUT2D eigenvalue weighted by Gasteiger charge is -2.34. The Balaban J connectivity index is 1.45. The van der Waals surface area contributed by atoms with Crippen molar-refractivity contribution < 1.29 is 23.7 Å². The minimum atomic E-state index is -0.489. The number of nitrogens with one attached hydrogen (secondary N) is 1. The van der Waals surface area contributed by atoms with E-state index in [0.717, 1.165) is 24.9 Å². The smallest absolute Gasteiger partial charge is 0.162 e. The molecule has 34 heavy (non-hydrogen) atoms. The molecule has 2 atom stereocenters. The topological polar surface area (TPSA) is 89.0 Å². The number of ether oxygens (including phenoxy) is 3. The van der Waals surface area contributed by atoms with E-state index < -0.39 is 11.9 Å². The van der Waals surface area contributed by atoms with E-state index >= 15 is 0 Å². The average Bonchev–Trinajstić information content (AvgIpc) is 2.84. The maximum Gasteiger partial charge on any atom is 0.162 e. The minimum absolute atomic E-state index is 0.0223. The normalized spacial score (nSPS) is 17.5. The summed E-state index contributed by atoms with van der Waals surface area (Å²) in [6, 6.07) is 8.01. The fourth-order valence-corrected chi connectivity index (χ4v) is 4.02. The maximum atomic E-state index is 13.5. The molecular weight excluding hydrogens is 463 g/mol. The molecule has 0 radical (unpaired) electrons. The van der Waals surface area contributed by atoms with Crippen LogP contribution in [0.4, 0.5) is 15.9 Å². The van der Waals surface area contributed by atoms with Crippen molar-refractivity contribution in [2.45, 2.75) is 25.6 Å². The monoisotopic (exact) mass is 490 g/mol. The highest BCUT2D eigenvalue weighted by Gasteiger charge is 2.23. The van der Waals surface area contributed by atoms with Gasteiger partial charge in [-0.1, -0.05) is 11.6 Å². The number of anilines is 2. The third-order valence-corrected chi connectivity index (χ3v) is 5.98. The molecule has 1 aliphatic heterocycles. The predicted molar refractivity (Wildman–Crippen MR) is 129 cm³/mol. The Morgan fingerprint density at radius 2 is 2.15 bits per heavy atom. The number of halogens is 2. The summed E-state index contributed by atoms with van der Waals surface area (Å²) in [5, 5.41) is 13.7. The van der Waals surface area contributed by atoms with E-state index in [1.165, 1.54) is 18.5 Å². The summed E-state index contributed by atoms with van der Waals surface area (Å²) in [6.45, 7) is 5.23. The standard InChI is InChI=1S/C24H28ClFN4O4/c1-15(31)23-13-30(7-9-34-23)6-3-8-33-22-11-17-20(12-21(22)32-2)27-14-28-24(17)29-16-4-5-19(26)18(25)10-16/h4-5,10-12,14-15,23,31H,3,6-9,13H2,1-2H3,(H,27,28,29)/t15?,23-/m0/s1. The Kier molecular flexibility index (Phi) is 7.99. The van der Waals surface area contributed by atoms with Crippen LogP contribution in [0.25, 0.3) is 10.9 Å². The van der Waals surface area contributed by atoms with Crippen molar-refractivity contribution in [2.24, 2.45) is 0 Å². The molecule has 1 saturated heterocycles. The van der Waals surface area contributed by atoms with Crippen molar-refractivity contribution in [1.82, 2.24) is 14.9 Å². The predicted octanol–water partition coefficient (Wildman–Crippen LogP) is 4.03. The molecule has 0 amide bonds. The molecule has 3 aromatic rings. The second-order valence-electron chi connectivity index (χ2n) is 8.15. The zero-order valence-electron chi connectivity index (χ0n) is 19.1. The van der Waals surface area contributed by atoms with Gasteiger partial charge >= 0.3 is 0 Å². The zero-order chi connectivity index (χ0) is 24.1. The van der Waals surface area contributed by atoms with Crippen LogP contribution in [0.1, 0.15) is 13.3 Å². The molecule has 10 heteroatoms. The molecule has 182 valence electrons. The Morgan fingerprint density at radius 1 is 1.29 bits per heavy atom. The van der Waals surface area contributed by atoms with E-state index in [9.17, 15) is 9.50 Å². The SMILES string of the molecule is COc1cc2ncnc(Nc3ccc(F)c(Cl)c3)c2cc1OCCCN1CCO[C@H](C(C)O)C1. The van der Waals surface area contributed by atoms with Gasteiger partial charge in [0.05, 0.1) is 43.1 Å². The number of rotatable bonds is 9. The molecule has 0 aliphatic carbocycles. The van der Waals surface area contributed by atoms with Gasteiger partial charge in [-0.3, -0.25) is 4.90 Å². The van der Waals surface area contributed by atoms with Crippen LogP contribution in [-0.4, -0.2) is 72.1 Å². The fraction of sp³-hybridized carbons (Fsp3) is 0.417. The number of morpholine rings is 1. The van der Waals surface area contributed by atoms with Gasteiger partial charge in [0.2, 0.25) is 0 Å². The molecule has 1 aliphatic rings. The maximum absolute atomic E-state index is 13.5. The van der Waals surface area contributed by atoms with Gasteiger partial charge in [0.25, 0.3) is 0 Å². The number of fused-ring (bicyclic) bond motifs is 1. The highest BCUT2D eigenvalue weighted by atomic mass is 35.5. The van der Waals surface area contributed by atoms with Gasteiger partial charge in [0.15, 0.2) is 11.5 Å². The summed E-state index contributed by atoms with van der Waals surface area (Å²) >= 11 is 5.91. The minimum Gasteiger partial charge on any atom is -0.493 e. The summed E-state index contributed by atoms with van der Waals surface area (Å²) in [4.78, 5) is 10.9. The Hall–Kier alpha value is -2.72. The lowest BCUT2D eigenvalue weighted by Crippen LogP contribution is -2.47. The highest BCUT2D eigenvalue weighted by Crippen LogP contribution is 2.35. The summed E-state index contributed by atoms with van der Waals surface area (Å²) in [5.74, 6) is 1.20. The molecule has 0 bridgehead atoms. The lowest BCUT2D eigenvalue weighted by molar-refractivity contribution is -0.0830. The molecule has 1 fully saturated rings. The van der Waals surface area contributed by atoms with Crippen LogP contribution < -0.4 is 14.8 Å². The van der Waals surface area contributed by atoms with Crippen molar-refractivity contribution in [3.05, 3.63) is 47.5 Å². The van der Waals surface area contributed by atoms with Gasteiger partial charge in [0.1, 0.15) is 18.0 Å². The number of aliphatic hydroxyl groups excluding tert-OH is 1. The van der Waals surface area contributed by atoms with E-state index in [-0.39, 0.29) is 11.1 Å². The van der Waals surface area contributed by atoms with E-state index in [1.54, 1.807) is 26.2 Å².